The van der Waals surface area contributed by atoms with Crippen LogP contribution in [-0.4, -0.2) is 24.0 Å². The van der Waals surface area contributed by atoms with Crippen LogP contribution in [0.2, 0.25) is 0 Å². The van der Waals surface area contributed by atoms with E-state index in [1.807, 2.05) is 0 Å². The highest BCUT2D eigenvalue weighted by molar-refractivity contribution is 7.98. The average molecular weight is 262 g/mol. The summed E-state index contributed by atoms with van der Waals surface area (Å²) in [6.07, 6.45) is 3.03. The molecule has 2 nitrogen and oxygen atoms in total. The van der Waals surface area contributed by atoms with Crippen molar-refractivity contribution in [2.24, 2.45) is 0 Å². The Balaban J connectivity index is 0.00000225. The number of hydrogen-bond acceptors (Lipinski definition) is 3. The average Bonchev–Trinajstić information content (AvgIpc) is 2.31. The number of benzene rings is 1. The van der Waals surface area contributed by atoms with Gasteiger partial charge in [-0.3, -0.25) is 0 Å². The molecule has 0 saturated heterocycles. The second-order valence-corrected chi connectivity index (χ2v) is 4.40. The van der Waals surface area contributed by atoms with Crippen LogP contribution >= 0.6 is 24.2 Å². The molecule has 0 fully saturated rings. The molecule has 2 N–H and O–H groups in total. The van der Waals surface area contributed by atoms with Crippen LogP contribution in [-0.2, 0) is 6.54 Å². The summed E-state index contributed by atoms with van der Waals surface area (Å²) < 4.78 is 0. The lowest BCUT2D eigenvalue weighted by molar-refractivity contribution is 0.238. The van der Waals surface area contributed by atoms with Crippen LogP contribution in [0.1, 0.15) is 18.9 Å². The van der Waals surface area contributed by atoms with Crippen LogP contribution in [0, 0.1) is 0 Å². The lowest BCUT2D eigenvalue weighted by atomic mass is 10.2. The number of nitrogens with one attached hydrogen (secondary N) is 1. The highest BCUT2D eigenvalue weighted by Crippen LogP contribution is 2.14. The summed E-state index contributed by atoms with van der Waals surface area (Å²) >= 11 is 1.75. The first-order valence-electron chi connectivity index (χ1n) is 5.27. The molecular formula is C12H20ClNOS. The largest absolute Gasteiger partial charge is 0.395 e. The maximum atomic E-state index is 9.02. The van der Waals surface area contributed by atoms with E-state index in [0.29, 0.717) is 0 Å². The number of aliphatic hydroxyl groups excluding tert-OH is 1. The molecule has 0 spiro atoms. The Bertz CT molecular complexity index is 275. The number of hydrogen-bond donors (Lipinski definition) is 2. The Morgan fingerprint density at radius 3 is 2.38 bits per heavy atom. The Morgan fingerprint density at radius 1 is 1.31 bits per heavy atom. The molecule has 92 valence electrons. The maximum Gasteiger partial charge on any atom is 0.0584 e. The fourth-order valence-electron chi connectivity index (χ4n) is 1.34. The first-order chi connectivity index (χ1) is 7.30. The topological polar surface area (TPSA) is 32.3 Å². The lowest BCUT2D eigenvalue weighted by Crippen LogP contribution is -2.31. The monoisotopic (exact) mass is 261 g/mol. The van der Waals surface area contributed by atoms with Crippen molar-refractivity contribution in [3.05, 3.63) is 29.8 Å². The Hall–Kier alpha value is -0.220. The normalized spacial score (nSPS) is 11.9. The molecule has 0 amide bonds. The van der Waals surface area contributed by atoms with Crippen molar-refractivity contribution in [2.45, 2.75) is 30.8 Å². The van der Waals surface area contributed by atoms with Gasteiger partial charge in [-0.25, -0.2) is 0 Å². The Kier molecular flexibility index (Phi) is 8.76. The zero-order chi connectivity index (χ0) is 11.1. The van der Waals surface area contributed by atoms with E-state index in [1.165, 1.54) is 10.5 Å². The molecule has 4 heteroatoms. The van der Waals surface area contributed by atoms with Crippen LogP contribution in [0.3, 0.4) is 0 Å². The second kappa shape index (κ2) is 8.88. The van der Waals surface area contributed by atoms with Gasteiger partial charge >= 0.3 is 0 Å². The van der Waals surface area contributed by atoms with Crippen LogP contribution in [0.4, 0.5) is 0 Å². The van der Waals surface area contributed by atoms with Gasteiger partial charge in [0.15, 0.2) is 0 Å². The van der Waals surface area contributed by atoms with Gasteiger partial charge in [0, 0.05) is 17.5 Å². The van der Waals surface area contributed by atoms with Gasteiger partial charge in [0.05, 0.1) is 6.61 Å². The molecule has 1 rings (SSSR count). The van der Waals surface area contributed by atoms with E-state index in [2.05, 4.69) is 42.8 Å². The van der Waals surface area contributed by atoms with E-state index >= 15 is 0 Å². The van der Waals surface area contributed by atoms with Gasteiger partial charge < -0.3 is 10.4 Å². The summed E-state index contributed by atoms with van der Waals surface area (Å²) in [5.74, 6) is 0. The number of rotatable bonds is 6. The minimum absolute atomic E-state index is 0. The van der Waals surface area contributed by atoms with Gasteiger partial charge in [-0.1, -0.05) is 19.1 Å². The maximum absolute atomic E-state index is 9.02. The van der Waals surface area contributed by atoms with Gasteiger partial charge in [-0.2, -0.15) is 0 Å². The summed E-state index contributed by atoms with van der Waals surface area (Å²) in [5, 5.41) is 12.3. The highest BCUT2D eigenvalue weighted by atomic mass is 35.5. The van der Waals surface area contributed by atoms with Gasteiger partial charge in [-0.15, -0.1) is 24.2 Å². The second-order valence-electron chi connectivity index (χ2n) is 3.52. The van der Waals surface area contributed by atoms with E-state index in [1.54, 1.807) is 11.8 Å². The summed E-state index contributed by atoms with van der Waals surface area (Å²) in [6.45, 7) is 3.11. The molecular weight excluding hydrogens is 242 g/mol. The van der Waals surface area contributed by atoms with Gasteiger partial charge in [0.25, 0.3) is 0 Å². The third-order valence-electron chi connectivity index (χ3n) is 2.47. The van der Waals surface area contributed by atoms with Crippen molar-refractivity contribution in [1.82, 2.24) is 5.32 Å². The van der Waals surface area contributed by atoms with Gasteiger partial charge in [0.1, 0.15) is 0 Å². The fourth-order valence-corrected chi connectivity index (χ4v) is 1.75. The van der Waals surface area contributed by atoms with E-state index in [0.717, 1.165) is 13.0 Å². The van der Waals surface area contributed by atoms with Crippen molar-refractivity contribution < 1.29 is 5.11 Å². The predicted molar refractivity (Wildman–Crippen MR) is 73.5 cm³/mol. The summed E-state index contributed by atoms with van der Waals surface area (Å²) in [5.41, 5.74) is 1.26. The standard InChI is InChI=1S/C12H19NOS.ClH/c1-3-11(9-14)13-8-10-4-6-12(15-2)7-5-10;/h4-7,11,13-14H,3,8-9H2,1-2H3;1H. The molecule has 0 heterocycles. The summed E-state index contributed by atoms with van der Waals surface area (Å²) in [6, 6.07) is 8.72. The molecule has 0 radical (unpaired) electrons. The van der Waals surface area contributed by atoms with Crippen molar-refractivity contribution in [1.29, 1.82) is 0 Å². The zero-order valence-corrected chi connectivity index (χ0v) is 11.4. The minimum atomic E-state index is 0. The Labute approximate surface area is 108 Å². The number of thioether (sulfide) groups is 1. The van der Waals surface area contributed by atoms with Crippen molar-refractivity contribution >= 4 is 24.2 Å². The first kappa shape index (κ1) is 15.8. The molecule has 1 aromatic carbocycles. The molecule has 1 unspecified atom stereocenters. The summed E-state index contributed by atoms with van der Waals surface area (Å²) in [4.78, 5) is 1.29. The third-order valence-corrected chi connectivity index (χ3v) is 3.21. The minimum Gasteiger partial charge on any atom is -0.395 e. The number of aliphatic hydroxyl groups is 1. The highest BCUT2D eigenvalue weighted by Gasteiger charge is 2.02. The van der Waals surface area contributed by atoms with E-state index in [-0.39, 0.29) is 25.1 Å². The van der Waals surface area contributed by atoms with E-state index in [4.69, 9.17) is 5.11 Å². The molecule has 0 saturated carbocycles. The number of halogens is 1. The molecule has 0 aliphatic carbocycles. The molecule has 0 aliphatic heterocycles. The first-order valence-corrected chi connectivity index (χ1v) is 6.49. The smallest absolute Gasteiger partial charge is 0.0584 e. The molecule has 1 atom stereocenters. The van der Waals surface area contributed by atoms with Crippen LogP contribution in [0.15, 0.2) is 29.2 Å². The fraction of sp³-hybridized carbons (Fsp3) is 0.500. The molecule has 0 aliphatic rings. The van der Waals surface area contributed by atoms with E-state index < -0.39 is 0 Å². The Morgan fingerprint density at radius 2 is 1.94 bits per heavy atom. The quantitative estimate of drug-likeness (QED) is 0.773. The van der Waals surface area contributed by atoms with Crippen LogP contribution in [0.25, 0.3) is 0 Å². The van der Waals surface area contributed by atoms with Crippen LogP contribution in [0.5, 0.6) is 0 Å². The van der Waals surface area contributed by atoms with Crippen molar-refractivity contribution in [3.63, 3.8) is 0 Å². The van der Waals surface area contributed by atoms with Crippen LogP contribution < -0.4 is 5.32 Å². The SMILES string of the molecule is CCC(CO)NCc1ccc(SC)cc1.Cl. The molecule has 1 aromatic rings. The zero-order valence-electron chi connectivity index (χ0n) is 9.77. The molecule has 16 heavy (non-hydrogen) atoms. The van der Waals surface area contributed by atoms with E-state index in [9.17, 15) is 0 Å². The van der Waals surface area contributed by atoms with Gasteiger partial charge in [0.2, 0.25) is 0 Å². The third kappa shape index (κ3) is 5.21. The predicted octanol–water partition coefficient (Wildman–Crippen LogP) is 2.69. The lowest BCUT2D eigenvalue weighted by Gasteiger charge is -2.13. The van der Waals surface area contributed by atoms with Gasteiger partial charge in [-0.05, 0) is 30.4 Å². The van der Waals surface area contributed by atoms with Crippen molar-refractivity contribution in [2.75, 3.05) is 12.9 Å². The van der Waals surface area contributed by atoms with Crippen molar-refractivity contribution in [3.8, 4) is 0 Å². The molecule has 0 aromatic heterocycles. The molecule has 0 bridgehead atoms. The summed E-state index contributed by atoms with van der Waals surface area (Å²) in [7, 11) is 0.